The monoisotopic (exact) mass is 415 g/mol. The van der Waals surface area contributed by atoms with Gasteiger partial charge in [0.25, 0.3) is 0 Å². The number of carbonyl (C=O) groups excluding carboxylic acids is 1. The summed E-state index contributed by atoms with van der Waals surface area (Å²) in [7, 11) is 4.12. The molecule has 0 aromatic heterocycles. The molecule has 2 saturated carbocycles. The molecule has 2 fully saturated rings. The predicted molar refractivity (Wildman–Crippen MR) is 125 cm³/mol. The number of carbonyl (C=O) groups is 1. The molecule has 1 aromatic carbocycles. The van der Waals surface area contributed by atoms with E-state index in [9.17, 15) is 9.90 Å². The van der Waals surface area contributed by atoms with Gasteiger partial charge in [-0.3, -0.25) is 4.79 Å². The van der Waals surface area contributed by atoms with Crippen LogP contribution in [0.5, 0.6) is 0 Å². The zero-order chi connectivity index (χ0) is 22.0. The van der Waals surface area contributed by atoms with Crippen LogP contribution in [0, 0.1) is 29.6 Å². The lowest BCUT2D eigenvalue weighted by Crippen LogP contribution is -2.50. The first-order chi connectivity index (χ1) is 14.8. The van der Waals surface area contributed by atoms with Gasteiger partial charge in [0.05, 0.1) is 0 Å². The number of hydrogen-bond donors (Lipinski definition) is 1. The van der Waals surface area contributed by atoms with Crippen LogP contribution in [0.25, 0.3) is 0 Å². The topological polar surface area (TPSA) is 40.5 Å². The molecule has 4 aliphatic carbocycles. The lowest BCUT2D eigenvalue weighted by Gasteiger charge is -2.53. The zero-order valence-corrected chi connectivity index (χ0v) is 18.9. The second kappa shape index (κ2) is 7.10. The molecule has 3 nitrogen and oxygen atoms in total. The van der Waals surface area contributed by atoms with Crippen molar-refractivity contribution in [3.63, 3.8) is 0 Å². The Balaban J connectivity index is 1.67. The zero-order valence-electron chi connectivity index (χ0n) is 18.9. The fourth-order valence-corrected chi connectivity index (χ4v) is 7.21. The number of rotatable bonds is 2. The summed E-state index contributed by atoms with van der Waals surface area (Å²) >= 11 is 0. The van der Waals surface area contributed by atoms with Gasteiger partial charge in [-0.05, 0) is 85.3 Å². The van der Waals surface area contributed by atoms with Crippen molar-refractivity contribution >= 4 is 11.5 Å². The first kappa shape index (κ1) is 20.6. The Hall–Kier alpha value is -2.31. The van der Waals surface area contributed by atoms with E-state index in [0.29, 0.717) is 24.7 Å². The number of anilines is 1. The molecule has 5 rings (SSSR count). The van der Waals surface area contributed by atoms with Crippen LogP contribution in [-0.4, -0.2) is 30.6 Å². The molecule has 0 amide bonds. The molecule has 162 valence electrons. The third-order valence-electron chi connectivity index (χ3n) is 8.94. The standard InChI is InChI=1S/C28H33NO2/c1-5-28(31)15-14-25-23-12-8-19-16-21(30)11-13-22(19)26(23)24(17-27(25,28)2)18-6-9-20(10-7-18)29(3)4/h1,6-7,9-10,16,23-25,31H,8,11-15,17H2,2-4H3/t23-,24+,25-,27+,28-/m0/s1. The highest BCUT2D eigenvalue weighted by Crippen LogP contribution is 2.66. The molecule has 0 aliphatic heterocycles. The smallest absolute Gasteiger partial charge is 0.156 e. The molecule has 3 heteroatoms. The molecule has 0 radical (unpaired) electrons. The Morgan fingerprint density at radius 3 is 2.55 bits per heavy atom. The summed E-state index contributed by atoms with van der Waals surface area (Å²) in [5.74, 6) is 4.18. The van der Waals surface area contributed by atoms with Crippen molar-refractivity contribution in [1.82, 2.24) is 0 Å². The maximum atomic E-state index is 12.1. The highest BCUT2D eigenvalue weighted by atomic mass is 16.3. The molecule has 1 N–H and O–H groups in total. The Labute approximate surface area is 186 Å². The van der Waals surface area contributed by atoms with E-state index >= 15 is 0 Å². The first-order valence-electron chi connectivity index (χ1n) is 11.7. The Bertz CT molecular complexity index is 1020. The maximum Gasteiger partial charge on any atom is 0.156 e. The number of benzene rings is 1. The van der Waals surface area contributed by atoms with Gasteiger partial charge in [-0.1, -0.05) is 30.6 Å². The summed E-state index contributed by atoms with van der Waals surface area (Å²) in [4.78, 5) is 14.2. The van der Waals surface area contributed by atoms with Crippen molar-refractivity contribution in [3.05, 3.63) is 52.6 Å². The highest BCUT2D eigenvalue weighted by molar-refractivity contribution is 5.93. The van der Waals surface area contributed by atoms with E-state index in [2.05, 4.69) is 56.1 Å². The van der Waals surface area contributed by atoms with Gasteiger partial charge < -0.3 is 10.0 Å². The second-order valence-corrected chi connectivity index (χ2v) is 10.5. The molecule has 1 aromatic rings. The largest absolute Gasteiger partial charge is 0.378 e. The molecule has 0 saturated heterocycles. The molecule has 4 aliphatic rings. The summed E-state index contributed by atoms with van der Waals surface area (Å²) in [5.41, 5.74) is 5.43. The normalized spacial score (nSPS) is 36.8. The summed E-state index contributed by atoms with van der Waals surface area (Å²) in [6.07, 6.45) is 13.9. The average Bonchev–Trinajstić information content (AvgIpc) is 3.04. The number of nitrogens with zero attached hydrogens (tertiary/aromatic N) is 1. The molecule has 0 spiro atoms. The van der Waals surface area contributed by atoms with Crippen LogP contribution in [0.15, 0.2) is 47.1 Å². The van der Waals surface area contributed by atoms with Gasteiger partial charge in [-0.25, -0.2) is 0 Å². The van der Waals surface area contributed by atoms with E-state index in [1.807, 2.05) is 6.08 Å². The number of allylic oxidation sites excluding steroid dienone is 4. The number of fused-ring (bicyclic) bond motifs is 4. The summed E-state index contributed by atoms with van der Waals surface area (Å²) in [6, 6.07) is 8.89. The summed E-state index contributed by atoms with van der Waals surface area (Å²) in [5, 5.41) is 11.5. The molecule has 5 atom stereocenters. The fourth-order valence-electron chi connectivity index (χ4n) is 7.21. The van der Waals surface area contributed by atoms with E-state index in [-0.39, 0.29) is 17.1 Å². The summed E-state index contributed by atoms with van der Waals surface area (Å²) in [6.45, 7) is 2.24. The van der Waals surface area contributed by atoms with Gasteiger partial charge in [0, 0.05) is 37.5 Å². The molecular weight excluding hydrogens is 382 g/mol. The van der Waals surface area contributed by atoms with Gasteiger partial charge in [-0.2, -0.15) is 0 Å². The molecule has 31 heavy (non-hydrogen) atoms. The quantitative estimate of drug-likeness (QED) is 0.690. The van der Waals surface area contributed by atoms with Gasteiger partial charge in [0.15, 0.2) is 5.78 Å². The van der Waals surface area contributed by atoms with E-state index in [1.165, 1.54) is 22.4 Å². The summed E-state index contributed by atoms with van der Waals surface area (Å²) < 4.78 is 0. The van der Waals surface area contributed by atoms with Crippen molar-refractivity contribution in [1.29, 1.82) is 0 Å². The van der Waals surface area contributed by atoms with Gasteiger partial charge >= 0.3 is 0 Å². The second-order valence-electron chi connectivity index (χ2n) is 10.5. The molecule has 0 bridgehead atoms. The maximum absolute atomic E-state index is 12.1. The van der Waals surface area contributed by atoms with Crippen LogP contribution < -0.4 is 4.90 Å². The third-order valence-corrected chi connectivity index (χ3v) is 8.94. The van der Waals surface area contributed by atoms with Crippen LogP contribution in [0.1, 0.15) is 63.4 Å². The van der Waals surface area contributed by atoms with Crippen molar-refractivity contribution in [2.24, 2.45) is 17.3 Å². The van der Waals surface area contributed by atoms with Crippen LogP contribution in [-0.2, 0) is 4.79 Å². The molecule has 0 unspecified atom stereocenters. The van der Waals surface area contributed by atoms with Crippen molar-refractivity contribution in [2.45, 2.75) is 63.4 Å². The van der Waals surface area contributed by atoms with Crippen LogP contribution >= 0.6 is 0 Å². The van der Waals surface area contributed by atoms with E-state index < -0.39 is 5.60 Å². The molecular formula is C28H33NO2. The van der Waals surface area contributed by atoms with E-state index in [4.69, 9.17) is 6.42 Å². The lowest BCUT2D eigenvalue weighted by molar-refractivity contribution is -0.114. The first-order valence-corrected chi connectivity index (χ1v) is 11.7. The number of aliphatic hydroxyl groups is 1. The van der Waals surface area contributed by atoms with E-state index in [1.54, 1.807) is 5.57 Å². The Morgan fingerprint density at radius 2 is 1.87 bits per heavy atom. The minimum absolute atomic E-state index is 0.243. The highest BCUT2D eigenvalue weighted by Gasteiger charge is 2.62. The van der Waals surface area contributed by atoms with Crippen molar-refractivity contribution < 1.29 is 9.90 Å². The van der Waals surface area contributed by atoms with Crippen molar-refractivity contribution in [2.75, 3.05) is 19.0 Å². The number of terminal acetylenes is 1. The minimum atomic E-state index is -1.03. The number of ketones is 1. The van der Waals surface area contributed by atoms with Gasteiger partial charge in [-0.15, -0.1) is 6.42 Å². The van der Waals surface area contributed by atoms with Crippen LogP contribution in [0.3, 0.4) is 0 Å². The fraction of sp³-hybridized carbons (Fsp3) is 0.536. The Kier molecular flexibility index (Phi) is 4.72. The average molecular weight is 416 g/mol. The van der Waals surface area contributed by atoms with Gasteiger partial charge in [0.2, 0.25) is 0 Å². The van der Waals surface area contributed by atoms with Crippen molar-refractivity contribution in [3.8, 4) is 12.3 Å². The Morgan fingerprint density at radius 1 is 1.13 bits per heavy atom. The van der Waals surface area contributed by atoms with Crippen LogP contribution in [0.4, 0.5) is 5.69 Å². The third kappa shape index (κ3) is 2.95. The van der Waals surface area contributed by atoms with Gasteiger partial charge in [0.1, 0.15) is 5.60 Å². The predicted octanol–water partition coefficient (Wildman–Crippen LogP) is 5.02. The molecule has 0 heterocycles. The van der Waals surface area contributed by atoms with E-state index in [0.717, 1.165) is 32.1 Å². The minimum Gasteiger partial charge on any atom is -0.378 e. The van der Waals surface area contributed by atoms with Crippen LogP contribution in [0.2, 0.25) is 0 Å². The number of hydrogen-bond acceptors (Lipinski definition) is 3. The lowest BCUT2D eigenvalue weighted by atomic mass is 9.51. The SMILES string of the molecule is C#C[C@]1(O)CC[C@H]2[C@@H]3CCC4=CC(=O)CCC4=C3[C@@H](c3ccc(N(C)C)cc3)C[C@]21C.